The molecule has 1 atom stereocenters. The fourth-order valence-electron chi connectivity index (χ4n) is 2.24. The fraction of sp³-hybridized carbons (Fsp3) is 0.562. The van der Waals surface area contributed by atoms with Crippen LogP contribution in [0, 0.1) is 6.92 Å². The number of nitrogens with two attached hydrogens (primary N) is 1. The van der Waals surface area contributed by atoms with Crippen molar-refractivity contribution in [1.82, 2.24) is 4.90 Å². The van der Waals surface area contributed by atoms with E-state index >= 15 is 0 Å². The van der Waals surface area contributed by atoms with Gasteiger partial charge in [-0.05, 0) is 36.6 Å². The molecule has 0 bridgehead atoms. The normalized spacial score (nSPS) is 11.9. The van der Waals surface area contributed by atoms with Crippen LogP contribution in [-0.2, 0) is 11.3 Å². The lowest BCUT2D eigenvalue weighted by Crippen LogP contribution is -2.41. The lowest BCUT2D eigenvalue weighted by atomic mass is 10.1. The Hall–Kier alpha value is -1.75. The number of benzene rings is 1. The smallest absolute Gasteiger partial charge is 0.239 e. The number of hydrogen-bond donors (Lipinski definition) is 1. The number of amides is 1. The van der Waals surface area contributed by atoms with E-state index in [1.807, 2.05) is 26.0 Å². The van der Waals surface area contributed by atoms with Gasteiger partial charge in [0, 0.05) is 13.6 Å². The first kappa shape index (κ1) is 17.3. The Kier molecular flexibility index (Phi) is 6.49. The van der Waals surface area contributed by atoms with Crippen molar-refractivity contribution in [3.05, 3.63) is 23.3 Å². The van der Waals surface area contributed by atoms with E-state index in [4.69, 9.17) is 15.2 Å². The van der Waals surface area contributed by atoms with Crippen molar-refractivity contribution in [2.45, 2.75) is 39.3 Å². The molecule has 21 heavy (non-hydrogen) atoms. The van der Waals surface area contributed by atoms with Crippen molar-refractivity contribution >= 4 is 5.91 Å². The van der Waals surface area contributed by atoms with Gasteiger partial charge in [-0.3, -0.25) is 4.79 Å². The monoisotopic (exact) mass is 294 g/mol. The Labute approximate surface area is 127 Å². The van der Waals surface area contributed by atoms with Gasteiger partial charge in [-0.15, -0.1) is 0 Å². The van der Waals surface area contributed by atoms with Gasteiger partial charge >= 0.3 is 0 Å². The standard InChI is InChI=1S/C16H26N2O3/c1-6-7-13(17)16(19)18(3)10-12-9-15(21-5)14(20-4)8-11(12)2/h8-9,13H,6-7,10,17H2,1-5H3. The molecule has 1 rings (SSSR count). The van der Waals surface area contributed by atoms with Crippen molar-refractivity contribution in [1.29, 1.82) is 0 Å². The van der Waals surface area contributed by atoms with Crippen molar-refractivity contribution in [2.75, 3.05) is 21.3 Å². The van der Waals surface area contributed by atoms with Crippen LogP contribution >= 0.6 is 0 Å². The zero-order valence-corrected chi connectivity index (χ0v) is 13.6. The number of carbonyl (C=O) groups is 1. The van der Waals surface area contributed by atoms with Crippen molar-refractivity contribution in [3.63, 3.8) is 0 Å². The van der Waals surface area contributed by atoms with E-state index in [1.165, 1.54) is 0 Å². The van der Waals surface area contributed by atoms with Gasteiger partial charge in [0.25, 0.3) is 0 Å². The molecule has 0 saturated heterocycles. The average molecular weight is 294 g/mol. The van der Waals surface area contributed by atoms with E-state index in [9.17, 15) is 4.79 Å². The first-order valence-electron chi connectivity index (χ1n) is 7.16. The maximum absolute atomic E-state index is 12.2. The van der Waals surface area contributed by atoms with Crippen molar-refractivity contribution in [2.24, 2.45) is 5.73 Å². The summed E-state index contributed by atoms with van der Waals surface area (Å²) in [5, 5.41) is 0. The van der Waals surface area contributed by atoms with Crippen LogP contribution in [0.1, 0.15) is 30.9 Å². The summed E-state index contributed by atoms with van der Waals surface area (Å²) in [6, 6.07) is 3.39. The number of ether oxygens (including phenoxy) is 2. The third-order valence-electron chi connectivity index (χ3n) is 3.54. The van der Waals surface area contributed by atoms with Crippen LogP contribution in [0.25, 0.3) is 0 Å². The first-order valence-corrected chi connectivity index (χ1v) is 7.16. The second kappa shape index (κ2) is 7.88. The highest BCUT2D eigenvalue weighted by atomic mass is 16.5. The molecule has 1 amide bonds. The Balaban J connectivity index is 2.89. The molecule has 118 valence electrons. The summed E-state index contributed by atoms with van der Waals surface area (Å²) in [6.07, 6.45) is 1.60. The highest BCUT2D eigenvalue weighted by molar-refractivity contribution is 5.81. The van der Waals surface area contributed by atoms with Gasteiger partial charge in [-0.1, -0.05) is 13.3 Å². The second-order valence-electron chi connectivity index (χ2n) is 5.22. The number of likely N-dealkylation sites (N-methyl/N-ethyl adjacent to an activating group) is 1. The number of methoxy groups -OCH3 is 2. The summed E-state index contributed by atoms with van der Waals surface area (Å²) < 4.78 is 10.6. The van der Waals surface area contributed by atoms with Gasteiger partial charge in [0.05, 0.1) is 20.3 Å². The maximum Gasteiger partial charge on any atom is 0.239 e. The highest BCUT2D eigenvalue weighted by Crippen LogP contribution is 2.30. The van der Waals surface area contributed by atoms with E-state index in [-0.39, 0.29) is 5.91 Å². The molecule has 0 spiro atoms. The van der Waals surface area contributed by atoms with E-state index < -0.39 is 6.04 Å². The van der Waals surface area contributed by atoms with E-state index in [0.29, 0.717) is 24.5 Å². The van der Waals surface area contributed by atoms with Gasteiger partial charge in [0.2, 0.25) is 5.91 Å². The minimum atomic E-state index is -0.430. The maximum atomic E-state index is 12.2. The zero-order chi connectivity index (χ0) is 16.0. The third-order valence-corrected chi connectivity index (χ3v) is 3.54. The molecule has 2 N–H and O–H groups in total. The Morgan fingerprint density at radius 3 is 2.38 bits per heavy atom. The molecule has 5 heteroatoms. The summed E-state index contributed by atoms with van der Waals surface area (Å²) in [5.41, 5.74) is 7.96. The Morgan fingerprint density at radius 2 is 1.86 bits per heavy atom. The van der Waals surface area contributed by atoms with Crippen LogP contribution in [-0.4, -0.2) is 38.1 Å². The van der Waals surface area contributed by atoms with Crippen LogP contribution in [0.15, 0.2) is 12.1 Å². The molecule has 1 aromatic rings. The Morgan fingerprint density at radius 1 is 1.29 bits per heavy atom. The predicted molar refractivity (Wildman–Crippen MR) is 83.6 cm³/mol. The molecule has 0 aliphatic carbocycles. The molecular weight excluding hydrogens is 268 g/mol. The molecule has 0 fully saturated rings. The van der Waals surface area contributed by atoms with Crippen LogP contribution in [0.5, 0.6) is 11.5 Å². The van der Waals surface area contributed by atoms with Crippen LogP contribution in [0.4, 0.5) is 0 Å². The number of nitrogens with zero attached hydrogens (tertiary/aromatic N) is 1. The van der Waals surface area contributed by atoms with E-state index in [0.717, 1.165) is 17.5 Å². The van der Waals surface area contributed by atoms with Gasteiger partial charge in [0.1, 0.15) is 0 Å². The second-order valence-corrected chi connectivity index (χ2v) is 5.22. The topological polar surface area (TPSA) is 64.8 Å². The average Bonchev–Trinajstić information content (AvgIpc) is 2.48. The van der Waals surface area contributed by atoms with Gasteiger partial charge in [-0.2, -0.15) is 0 Å². The molecule has 0 aromatic heterocycles. The summed E-state index contributed by atoms with van der Waals surface area (Å²) in [6.45, 7) is 4.51. The lowest BCUT2D eigenvalue weighted by Gasteiger charge is -2.22. The van der Waals surface area contributed by atoms with Crippen molar-refractivity contribution < 1.29 is 14.3 Å². The lowest BCUT2D eigenvalue weighted by molar-refractivity contribution is -0.132. The molecule has 0 aliphatic heterocycles. The number of hydrogen-bond acceptors (Lipinski definition) is 4. The van der Waals surface area contributed by atoms with Crippen LogP contribution in [0.2, 0.25) is 0 Å². The summed E-state index contributed by atoms with van der Waals surface area (Å²) in [5.74, 6) is 1.32. The number of aryl methyl sites for hydroxylation is 1. The molecule has 0 radical (unpaired) electrons. The molecule has 0 saturated carbocycles. The van der Waals surface area contributed by atoms with Crippen molar-refractivity contribution in [3.8, 4) is 11.5 Å². The van der Waals surface area contributed by atoms with Crippen LogP contribution in [0.3, 0.4) is 0 Å². The first-order chi connectivity index (χ1) is 9.94. The molecule has 0 heterocycles. The van der Waals surface area contributed by atoms with E-state index in [2.05, 4.69) is 0 Å². The SMILES string of the molecule is CCCC(N)C(=O)N(C)Cc1cc(OC)c(OC)cc1C. The van der Waals surface area contributed by atoms with Crippen LogP contribution < -0.4 is 15.2 Å². The summed E-state index contributed by atoms with van der Waals surface area (Å²) in [4.78, 5) is 13.8. The molecule has 5 nitrogen and oxygen atoms in total. The number of carbonyl (C=O) groups excluding carboxylic acids is 1. The third kappa shape index (κ3) is 4.36. The quantitative estimate of drug-likeness (QED) is 0.836. The molecular formula is C16H26N2O3. The van der Waals surface area contributed by atoms with Gasteiger partial charge in [-0.25, -0.2) is 0 Å². The fourth-order valence-corrected chi connectivity index (χ4v) is 2.24. The van der Waals surface area contributed by atoms with Gasteiger partial charge < -0.3 is 20.1 Å². The highest BCUT2D eigenvalue weighted by Gasteiger charge is 2.18. The minimum Gasteiger partial charge on any atom is -0.493 e. The predicted octanol–water partition coefficient (Wildman–Crippen LogP) is 2.10. The number of rotatable bonds is 7. The largest absolute Gasteiger partial charge is 0.493 e. The van der Waals surface area contributed by atoms with E-state index in [1.54, 1.807) is 26.2 Å². The summed E-state index contributed by atoms with van der Waals surface area (Å²) >= 11 is 0. The Bertz CT molecular complexity index is 489. The molecule has 0 aliphatic rings. The van der Waals surface area contributed by atoms with Gasteiger partial charge in [0.15, 0.2) is 11.5 Å². The zero-order valence-electron chi connectivity index (χ0n) is 13.6. The summed E-state index contributed by atoms with van der Waals surface area (Å²) in [7, 11) is 4.98. The minimum absolute atomic E-state index is 0.0361. The molecule has 1 aromatic carbocycles. The molecule has 1 unspecified atom stereocenters.